The van der Waals surface area contributed by atoms with Crippen molar-refractivity contribution in [2.45, 2.75) is 25.3 Å². The topological polar surface area (TPSA) is 74.0 Å². The van der Waals surface area contributed by atoms with Crippen LogP contribution in [0.1, 0.15) is 18.4 Å². The SMILES string of the molecule is O=C(CCc1cc(-c2ccc(F)cc2)[nH]c1-c1ccc(F)c(F)c1)NC1CCNC1=O. The molecule has 2 amide bonds. The van der Waals surface area contributed by atoms with Gasteiger partial charge in [0.25, 0.3) is 0 Å². The highest BCUT2D eigenvalue weighted by Crippen LogP contribution is 2.31. The van der Waals surface area contributed by atoms with Crippen molar-refractivity contribution in [2.75, 3.05) is 6.54 Å². The molecule has 1 aliphatic heterocycles. The van der Waals surface area contributed by atoms with E-state index >= 15 is 0 Å². The van der Waals surface area contributed by atoms with Crippen LogP contribution in [0, 0.1) is 17.5 Å². The first-order chi connectivity index (χ1) is 14.9. The number of amides is 2. The maximum Gasteiger partial charge on any atom is 0.242 e. The van der Waals surface area contributed by atoms with Crippen LogP contribution in [0.25, 0.3) is 22.5 Å². The number of hydrogen-bond donors (Lipinski definition) is 3. The lowest BCUT2D eigenvalue weighted by Gasteiger charge is -2.10. The summed E-state index contributed by atoms with van der Waals surface area (Å²) in [6.45, 7) is 0.531. The van der Waals surface area contributed by atoms with Crippen LogP contribution in [0.15, 0.2) is 48.5 Å². The largest absolute Gasteiger partial charge is 0.354 e. The number of halogens is 3. The fourth-order valence-corrected chi connectivity index (χ4v) is 3.64. The van der Waals surface area contributed by atoms with Crippen molar-refractivity contribution in [1.29, 1.82) is 0 Å². The summed E-state index contributed by atoms with van der Waals surface area (Å²) in [5.74, 6) is -2.78. The normalized spacial score (nSPS) is 15.7. The zero-order chi connectivity index (χ0) is 22.0. The van der Waals surface area contributed by atoms with E-state index in [1.165, 1.54) is 18.2 Å². The Labute approximate surface area is 176 Å². The van der Waals surface area contributed by atoms with Gasteiger partial charge >= 0.3 is 0 Å². The number of rotatable bonds is 6. The van der Waals surface area contributed by atoms with Crippen LogP contribution in [0.4, 0.5) is 13.2 Å². The second-order valence-electron chi connectivity index (χ2n) is 7.42. The van der Waals surface area contributed by atoms with Gasteiger partial charge in [-0.25, -0.2) is 13.2 Å². The highest BCUT2D eigenvalue weighted by Gasteiger charge is 2.25. The van der Waals surface area contributed by atoms with Crippen molar-refractivity contribution in [3.05, 3.63) is 71.5 Å². The molecule has 1 atom stereocenters. The molecule has 2 heterocycles. The maximum absolute atomic E-state index is 13.8. The van der Waals surface area contributed by atoms with E-state index < -0.39 is 17.7 Å². The molecule has 8 heteroatoms. The summed E-state index contributed by atoms with van der Waals surface area (Å²) in [5.41, 5.74) is 3.06. The van der Waals surface area contributed by atoms with Crippen LogP contribution in [-0.2, 0) is 16.0 Å². The number of aromatic amines is 1. The molecule has 2 aromatic carbocycles. The third-order valence-corrected chi connectivity index (χ3v) is 5.27. The first kappa shape index (κ1) is 20.7. The summed E-state index contributed by atoms with van der Waals surface area (Å²) >= 11 is 0. The molecule has 4 rings (SSSR count). The number of carbonyl (C=O) groups is 2. The first-order valence-electron chi connectivity index (χ1n) is 9.91. The summed E-state index contributed by atoms with van der Waals surface area (Å²) in [7, 11) is 0. The molecule has 0 aliphatic carbocycles. The summed E-state index contributed by atoms with van der Waals surface area (Å²) in [6, 6.07) is 10.7. The fraction of sp³-hybridized carbons (Fsp3) is 0.217. The third kappa shape index (κ3) is 4.63. The third-order valence-electron chi connectivity index (χ3n) is 5.27. The van der Waals surface area contributed by atoms with Gasteiger partial charge in [0.2, 0.25) is 11.8 Å². The molecule has 0 radical (unpaired) electrons. The highest BCUT2D eigenvalue weighted by molar-refractivity contribution is 5.89. The Kier molecular flexibility index (Phi) is 5.79. The molecule has 3 aromatic rings. The van der Waals surface area contributed by atoms with E-state index in [0.717, 1.165) is 17.7 Å². The van der Waals surface area contributed by atoms with Gasteiger partial charge in [0, 0.05) is 29.9 Å². The van der Waals surface area contributed by atoms with E-state index in [0.29, 0.717) is 41.9 Å². The number of benzene rings is 2. The Morgan fingerprint density at radius 3 is 2.42 bits per heavy atom. The van der Waals surface area contributed by atoms with Crippen LogP contribution in [0.2, 0.25) is 0 Å². The van der Waals surface area contributed by atoms with Crippen LogP contribution < -0.4 is 10.6 Å². The zero-order valence-electron chi connectivity index (χ0n) is 16.5. The smallest absolute Gasteiger partial charge is 0.242 e. The minimum Gasteiger partial charge on any atom is -0.354 e. The molecule has 5 nitrogen and oxygen atoms in total. The second-order valence-corrected chi connectivity index (χ2v) is 7.42. The average molecular weight is 427 g/mol. The van der Waals surface area contributed by atoms with E-state index in [1.807, 2.05) is 0 Å². The molecule has 1 aliphatic rings. The van der Waals surface area contributed by atoms with Crippen LogP contribution in [0.3, 0.4) is 0 Å². The van der Waals surface area contributed by atoms with Gasteiger partial charge in [-0.2, -0.15) is 0 Å². The Hall–Kier alpha value is -3.55. The lowest BCUT2D eigenvalue weighted by Crippen LogP contribution is -2.40. The molecular formula is C23H20F3N3O2. The molecule has 0 spiro atoms. The molecule has 1 fully saturated rings. The number of nitrogens with one attached hydrogen (secondary N) is 3. The minimum absolute atomic E-state index is 0.112. The maximum atomic E-state index is 13.8. The molecule has 31 heavy (non-hydrogen) atoms. The minimum atomic E-state index is -0.980. The van der Waals surface area contributed by atoms with E-state index in [4.69, 9.17) is 0 Å². The average Bonchev–Trinajstić information content (AvgIpc) is 3.35. The van der Waals surface area contributed by atoms with Crippen molar-refractivity contribution in [3.63, 3.8) is 0 Å². The molecule has 1 unspecified atom stereocenters. The number of aromatic nitrogens is 1. The molecule has 160 valence electrons. The second kappa shape index (κ2) is 8.67. The van der Waals surface area contributed by atoms with Crippen LogP contribution in [-0.4, -0.2) is 29.4 Å². The Bertz CT molecular complexity index is 1130. The van der Waals surface area contributed by atoms with Crippen molar-refractivity contribution in [3.8, 4) is 22.5 Å². The molecule has 0 saturated carbocycles. The first-order valence-corrected chi connectivity index (χ1v) is 9.91. The predicted octanol–water partition coefficient (Wildman–Crippen LogP) is 3.70. The van der Waals surface area contributed by atoms with Crippen molar-refractivity contribution in [2.24, 2.45) is 0 Å². The van der Waals surface area contributed by atoms with Crippen molar-refractivity contribution >= 4 is 11.8 Å². The molecule has 1 saturated heterocycles. The number of hydrogen-bond acceptors (Lipinski definition) is 2. The van der Waals surface area contributed by atoms with Gasteiger partial charge in [0.05, 0.1) is 0 Å². The molecule has 1 aromatic heterocycles. The summed E-state index contributed by atoms with van der Waals surface area (Å²) < 4.78 is 40.5. The standard InChI is InChI=1S/C23H20F3N3O2/c24-16-5-1-13(2-6-16)20-12-15(4-8-21(30)28-19-9-10-27-23(19)31)22(29-20)14-3-7-17(25)18(26)11-14/h1-3,5-7,11-12,19,29H,4,8-10H2,(H,27,31)(H,28,30). The quantitative estimate of drug-likeness (QED) is 0.561. The molecule has 3 N–H and O–H groups in total. The zero-order valence-corrected chi connectivity index (χ0v) is 16.5. The molecular weight excluding hydrogens is 407 g/mol. The van der Waals surface area contributed by atoms with Gasteiger partial charge in [-0.3, -0.25) is 9.59 Å². The van der Waals surface area contributed by atoms with Gasteiger partial charge in [-0.15, -0.1) is 0 Å². The van der Waals surface area contributed by atoms with Gasteiger partial charge in [0.15, 0.2) is 11.6 Å². The Morgan fingerprint density at radius 2 is 1.74 bits per heavy atom. The highest BCUT2D eigenvalue weighted by atomic mass is 19.2. The Morgan fingerprint density at radius 1 is 1.00 bits per heavy atom. The lowest BCUT2D eigenvalue weighted by molar-refractivity contribution is -0.127. The van der Waals surface area contributed by atoms with Crippen molar-refractivity contribution < 1.29 is 22.8 Å². The number of aryl methyl sites for hydroxylation is 1. The monoisotopic (exact) mass is 427 g/mol. The van der Waals surface area contributed by atoms with Gasteiger partial charge < -0.3 is 15.6 Å². The van der Waals surface area contributed by atoms with E-state index in [2.05, 4.69) is 15.6 Å². The predicted molar refractivity (Wildman–Crippen MR) is 109 cm³/mol. The van der Waals surface area contributed by atoms with E-state index in [9.17, 15) is 22.8 Å². The van der Waals surface area contributed by atoms with Gasteiger partial charge in [-0.05, 0) is 72.5 Å². The fourth-order valence-electron chi connectivity index (χ4n) is 3.64. The van der Waals surface area contributed by atoms with Crippen molar-refractivity contribution in [1.82, 2.24) is 15.6 Å². The summed E-state index contributed by atoms with van der Waals surface area (Å²) in [4.78, 5) is 27.1. The lowest BCUT2D eigenvalue weighted by atomic mass is 10.0. The molecule has 0 bridgehead atoms. The summed E-state index contributed by atoms with van der Waals surface area (Å²) in [6.07, 6.45) is 0.969. The van der Waals surface area contributed by atoms with Crippen LogP contribution in [0.5, 0.6) is 0 Å². The van der Waals surface area contributed by atoms with Gasteiger partial charge in [-0.1, -0.05) is 0 Å². The summed E-state index contributed by atoms with van der Waals surface area (Å²) in [5, 5.41) is 5.37. The Balaban J connectivity index is 1.59. The van der Waals surface area contributed by atoms with Gasteiger partial charge in [0.1, 0.15) is 11.9 Å². The van der Waals surface area contributed by atoms with E-state index in [-0.39, 0.29) is 24.1 Å². The van der Waals surface area contributed by atoms with E-state index in [1.54, 1.807) is 18.2 Å². The number of H-pyrrole nitrogens is 1. The van der Waals surface area contributed by atoms with Crippen LogP contribution >= 0.6 is 0 Å². The number of carbonyl (C=O) groups excluding carboxylic acids is 2.